The maximum Gasteiger partial charge on any atom is 0.338 e. The van der Waals surface area contributed by atoms with Crippen molar-refractivity contribution in [2.24, 2.45) is 0 Å². The second-order valence-electron chi connectivity index (χ2n) is 6.21. The summed E-state index contributed by atoms with van der Waals surface area (Å²) >= 11 is 6.00. The van der Waals surface area contributed by atoms with Gasteiger partial charge in [-0.25, -0.2) is 4.79 Å². The molecule has 0 saturated carbocycles. The van der Waals surface area contributed by atoms with Crippen LogP contribution in [0.2, 0.25) is 5.02 Å². The summed E-state index contributed by atoms with van der Waals surface area (Å²) in [6.07, 6.45) is 0.369. The van der Waals surface area contributed by atoms with Crippen molar-refractivity contribution in [3.8, 4) is 0 Å². The van der Waals surface area contributed by atoms with E-state index in [2.05, 4.69) is 5.32 Å². The van der Waals surface area contributed by atoms with Crippen molar-refractivity contribution in [1.82, 2.24) is 0 Å². The standard InChI is InChI=1S/C20H17ClN2O5/c1-12-15(21)3-2-4-16(12)22-17(24)11-28-20(27)13-5-7-14(8-6-13)23-18(25)9-10-19(23)26/h2-8H,9-11H2,1H3,(H,22,24). The highest BCUT2D eigenvalue weighted by Gasteiger charge is 2.30. The molecule has 3 amide bonds. The molecule has 2 aromatic carbocycles. The molecule has 3 rings (SSSR count). The van der Waals surface area contributed by atoms with Gasteiger partial charge in [0.15, 0.2) is 6.61 Å². The first-order valence-corrected chi connectivity index (χ1v) is 8.92. The largest absolute Gasteiger partial charge is 0.452 e. The van der Waals surface area contributed by atoms with Crippen LogP contribution in [0.25, 0.3) is 0 Å². The summed E-state index contributed by atoms with van der Waals surface area (Å²) in [4.78, 5) is 48.7. The SMILES string of the molecule is Cc1c(Cl)cccc1NC(=O)COC(=O)c1ccc(N2C(=O)CCC2=O)cc1. The number of carbonyl (C=O) groups is 4. The van der Waals surface area contributed by atoms with Crippen LogP contribution >= 0.6 is 11.6 Å². The molecule has 0 unspecified atom stereocenters. The summed E-state index contributed by atoms with van der Waals surface area (Å²) in [7, 11) is 0. The van der Waals surface area contributed by atoms with Crippen molar-refractivity contribution in [2.75, 3.05) is 16.8 Å². The fourth-order valence-electron chi connectivity index (χ4n) is 2.75. The average Bonchev–Trinajstić information content (AvgIpc) is 3.02. The molecule has 1 saturated heterocycles. The van der Waals surface area contributed by atoms with Gasteiger partial charge in [0.25, 0.3) is 5.91 Å². The minimum Gasteiger partial charge on any atom is -0.452 e. The van der Waals surface area contributed by atoms with E-state index in [1.807, 2.05) is 0 Å². The van der Waals surface area contributed by atoms with E-state index in [-0.39, 0.29) is 30.2 Å². The monoisotopic (exact) mass is 400 g/mol. The molecule has 1 aliphatic heterocycles. The molecule has 144 valence electrons. The number of amides is 3. The number of hydrogen-bond donors (Lipinski definition) is 1. The van der Waals surface area contributed by atoms with Gasteiger partial charge in [0.1, 0.15) is 0 Å². The molecule has 0 aromatic heterocycles. The summed E-state index contributed by atoms with van der Waals surface area (Å²) in [5.41, 5.74) is 1.86. The van der Waals surface area contributed by atoms with Gasteiger partial charge in [-0.3, -0.25) is 19.3 Å². The van der Waals surface area contributed by atoms with Gasteiger partial charge in [-0.05, 0) is 48.9 Å². The Morgan fingerprint density at radius 1 is 1.07 bits per heavy atom. The van der Waals surface area contributed by atoms with Gasteiger partial charge in [0, 0.05) is 23.6 Å². The molecule has 0 bridgehead atoms. The van der Waals surface area contributed by atoms with Crippen LogP contribution in [0.5, 0.6) is 0 Å². The first-order chi connectivity index (χ1) is 13.4. The number of rotatable bonds is 5. The second kappa shape index (κ2) is 8.22. The summed E-state index contributed by atoms with van der Waals surface area (Å²) in [5.74, 6) is -1.73. The highest BCUT2D eigenvalue weighted by molar-refractivity contribution is 6.31. The lowest BCUT2D eigenvalue weighted by Gasteiger charge is -2.14. The smallest absolute Gasteiger partial charge is 0.338 e. The summed E-state index contributed by atoms with van der Waals surface area (Å²) < 4.78 is 5.01. The molecule has 1 N–H and O–H groups in total. The second-order valence-corrected chi connectivity index (χ2v) is 6.61. The fourth-order valence-corrected chi connectivity index (χ4v) is 2.93. The van der Waals surface area contributed by atoms with Crippen LogP contribution < -0.4 is 10.2 Å². The third kappa shape index (κ3) is 4.20. The van der Waals surface area contributed by atoms with Gasteiger partial charge in [-0.1, -0.05) is 17.7 Å². The molecular weight excluding hydrogens is 384 g/mol. The molecule has 2 aromatic rings. The molecule has 28 heavy (non-hydrogen) atoms. The Labute approximate surface area is 166 Å². The maximum atomic E-state index is 12.1. The molecule has 1 heterocycles. The van der Waals surface area contributed by atoms with Crippen molar-refractivity contribution in [2.45, 2.75) is 19.8 Å². The number of benzene rings is 2. The predicted octanol–water partition coefficient (Wildman–Crippen LogP) is 3.10. The summed E-state index contributed by atoms with van der Waals surface area (Å²) in [6, 6.07) is 11.0. The maximum absolute atomic E-state index is 12.1. The number of esters is 1. The minimum atomic E-state index is -0.691. The number of anilines is 2. The predicted molar refractivity (Wildman–Crippen MR) is 103 cm³/mol. The van der Waals surface area contributed by atoms with E-state index in [0.29, 0.717) is 22.0 Å². The molecule has 0 spiro atoms. The van der Waals surface area contributed by atoms with Gasteiger partial charge < -0.3 is 10.1 Å². The quantitative estimate of drug-likeness (QED) is 0.615. The van der Waals surface area contributed by atoms with Crippen LogP contribution in [-0.2, 0) is 19.1 Å². The topological polar surface area (TPSA) is 92.8 Å². The molecule has 0 aliphatic carbocycles. The van der Waals surface area contributed by atoms with Gasteiger partial charge in [-0.15, -0.1) is 0 Å². The zero-order valence-electron chi connectivity index (χ0n) is 15.0. The average molecular weight is 401 g/mol. The number of ether oxygens (including phenoxy) is 1. The van der Waals surface area contributed by atoms with Crippen molar-refractivity contribution < 1.29 is 23.9 Å². The first kappa shape index (κ1) is 19.6. The zero-order valence-corrected chi connectivity index (χ0v) is 15.8. The molecule has 0 atom stereocenters. The molecule has 0 radical (unpaired) electrons. The lowest BCUT2D eigenvalue weighted by molar-refractivity contribution is -0.121. The van der Waals surface area contributed by atoms with E-state index >= 15 is 0 Å². The fraction of sp³-hybridized carbons (Fsp3) is 0.200. The first-order valence-electron chi connectivity index (χ1n) is 8.55. The van der Waals surface area contributed by atoms with Gasteiger partial charge in [0.2, 0.25) is 11.8 Å². The third-order valence-corrected chi connectivity index (χ3v) is 4.70. The number of hydrogen-bond acceptors (Lipinski definition) is 5. The van der Waals surface area contributed by atoms with E-state index < -0.39 is 18.5 Å². The molecule has 7 nitrogen and oxygen atoms in total. The Balaban J connectivity index is 1.57. The highest BCUT2D eigenvalue weighted by Crippen LogP contribution is 2.24. The summed E-state index contributed by atoms with van der Waals surface area (Å²) in [5, 5.41) is 3.15. The van der Waals surface area contributed by atoms with E-state index in [4.69, 9.17) is 16.3 Å². The minimum absolute atomic E-state index is 0.184. The van der Waals surface area contributed by atoms with Gasteiger partial charge >= 0.3 is 5.97 Å². The van der Waals surface area contributed by atoms with E-state index in [0.717, 1.165) is 4.90 Å². The number of nitrogens with zero attached hydrogens (tertiary/aromatic N) is 1. The Hall–Kier alpha value is -3.19. The van der Waals surface area contributed by atoms with Gasteiger partial charge in [-0.2, -0.15) is 0 Å². The third-order valence-electron chi connectivity index (χ3n) is 4.29. The van der Waals surface area contributed by atoms with Crippen LogP contribution in [0, 0.1) is 6.92 Å². The van der Waals surface area contributed by atoms with Crippen LogP contribution in [0.15, 0.2) is 42.5 Å². The lowest BCUT2D eigenvalue weighted by Crippen LogP contribution is -2.28. The highest BCUT2D eigenvalue weighted by atomic mass is 35.5. The molecule has 8 heteroatoms. The lowest BCUT2D eigenvalue weighted by atomic mass is 10.2. The Bertz CT molecular complexity index is 940. The molecular formula is C20H17ClN2O5. The van der Waals surface area contributed by atoms with Crippen molar-refractivity contribution in [3.63, 3.8) is 0 Å². The van der Waals surface area contributed by atoms with Crippen LogP contribution in [0.3, 0.4) is 0 Å². The van der Waals surface area contributed by atoms with E-state index in [1.165, 1.54) is 24.3 Å². The number of nitrogens with one attached hydrogen (secondary N) is 1. The van der Waals surface area contributed by atoms with Crippen LogP contribution in [-0.4, -0.2) is 30.3 Å². The van der Waals surface area contributed by atoms with E-state index in [1.54, 1.807) is 25.1 Å². The molecule has 1 fully saturated rings. The number of halogens is 1. The van der Waals surface area contributed by atoms with Gasteiger partial charge in [0.05, 0.1) is 11.3 Å². The summed E-state index contributed by atoms with van der Waals surface area (Å²) in [6.45, 7) is 1.30. The number of imide groups is 1. The van der Waals surface area contributed by atoms with Crippen LogP contribution in [0.4, 0.5) is 11.4 Å². The number of carbonyl (C=O) groups excluding carboxylic acids is 4. The Morgan fingerprint density at radius 2 is 1.71 bits per heavy atom. The zero-order chi connectivity index (χ0) is 20.3. The van der Waals surface area contributed by atoms with Crippen molar-refractivity contribution in [1.29, 1.82) is 0 Å². The Kier molecular flexibility index (Phi) is 5.75. The Morgan fingerprint density at radius 3 is 2.36 bits per heavy atom. The van der Waals surface area contributed by atoms with Crippen molar-refractivity contribution >= 4 is 46.7 Å². The van der Waals surface area contributed by atoms with Crippen molar-refractivity contribution in [3.05, 3.63) is 58.6 Å². The van der Waals surface area contributed by atoms with E-state index in [9.17, 15) is 19.2 Å². The normalized spacial score (nSPS) is 13.6. The van der Waals surface area contributed by atoms with Crippen LogP contribution in [0.1, 0.15) is 28.8 Å². The molecule has 1 aliphatic rings.